The molecule has 0 unspecified atom stereocenters. The van der Waals surface area contributed by atoms with E-state index >= 15 is 0 Å². The molecular weight excluding hydrogens is 528 g/mol. The van der Waals surface area contributed by atoms with Crippen molar-refractivity contribution in [1.29, 1.82) is 0 Å². The highest BCUT2D eigenvalue weighted by molar-refractivity contribution is 5.69. The number of ether oxygens (including phenoxy) is 5. The molecule has 0 aromatic carbocycles. The SMILES string of the molecule is CCCCCCCCCCCCCCOC(=O)CCCOCCOCCOCCOCCCCCCCCCCCC. The van der Waals surface area contributed by atoms with Crippen molar-refractivity contribution in [2.45, 2.75) is 168 Å². The first-order valence-corrected chi connectivity index (χ1v) is 18.3. The standard InChI is InChI=1S/C36H72O6/c1-3-5-7-9-11-13-15-16-18-20-22-24-29-42-36(37)26-25-28-39-31-33-41-35-34-40-32-30-38-27-23-21-19-17-14-12-10-8-6-4-2/h3-35H2,1-2H3. The number of rotatable bonds is 37. The summed E-state index contributed by atoms with van der Waals surface area (Å²) < 4.78 is 27.6. The molecule has 0 aliphatic rings. The summed E-state index contributed by atoms with van der Waals surface area (Å²) in [4.78, 5) is 11.8. The minimum absolute atomic E-state index is 0.109. The fraction of sp³-hybridized carbons (Fsp3) is 0.972. The van der Waals surface area contributed by atoms with Crippen molar-refractivity contribution in [2.24, 2.45) is 0 Å². The van der Waals surface area contributed by atoms with Gasteiger partial charge in [0.15, 0.2) is 0 Å². The van der Waals surface area contributed by atoms with Gasteiger partial charge in [-0.25, -0.2) is 0 Å². The van der Waals surface area contributed by atoms with E-state index in [0.29, 0.717) is 65.7 Å². The van der Waals surface area contributed by atoms with Gasteiger partial charge in [0.05, 0.1) is 46.2 Å². The molecule has 6 nitrogen and oxygen atoms in total. The van der Waals surface area contributed by atoms with Crippen LogP contribution >= 0.6 is 0 Å². The smallest absolute Gasteiger partial charge is 0.305 e. The summed E-state index contributed by atoms with van der Waals surface area (Å²) >= 11 is 0. The molecule has 0 saturated carbocycles. The highest BCUT2D eigenvalue weighted by atomic mass is 16.6. The summed E-state index contributed by atoms with van der Waals surface area (Å²) in [6.07, 6.45) is 30.3. The number of esters is 1. The van der Waals surface area contributed by atoms with Gasteiger partial charge in [-0.2, -0.15) is 0 Å². The van der Waals surface area contributed by atoms with E-state index in [4.69, 9.17) is 23.7 Å². The molecule has 252 valence electrons. The normalized spacial score (nSPS) is 11.4. The van der Waals surface area contributed by atoms with Crippen molar-refractivity contribution in [3.05, 3.63) is 0 Å². The minimum Gasteiger partial charge on any atom is -0.466 e. The Kier molecular flexibility index (Phi) is 37.7. The molecule has 0 aliphatic carbocycles. The van der Waals surface area contributed by atoms with Gasteiger partial charge in [-0.15, -0.1) is 0 Å². The van der Waals surface area contributed by atoms with E-state index in [1.807, 2.05) is 0 Å². The molecule has 0 heterocycles. The van der Waals surface area contributed by atoms with Gasteiger partial charge < -0.3 is 23.7 Å². The Morgan fingerprint density at radius 3 is 1.00 bits per heavy atom. The van der Waals surface area contributed by atoms with Gasteiger partial charge in [0.25, 0.3) is 0 Å². The Bertz CT molecular complexity index is 501. The first kappa shape index (κ1) is 41.3. The predicted molar refractivity (Wildman–Crippen MR) is 176 cm³/mol. The third-order valence-corrected chi connectivity index (χ3v) is 7.69. The third-order valence-electron chi connectivity index (χ3n) is 7.69. The molecule has 0 fully saturated rings. The zero-order valence-corrected chi connectivity index (χ0v) is 28.3. The molecule has 0 spiro atoms. The van der Waals surface area contributed by atoms with E-state index in [9.17, 15) is 4.79 Å². The van der Waals surface area contributed by atoms with E-state index in [1.54, 1.807) is 0 Å². The van der Waals surface area contributed by atoms with Gasteiger partial charge in [-0.3, -0.25) is 4.79 Å². The second-order valence-corrected chi connectivity index (χ2v) is 11.8. The molecule has 6 heteroatoms. The Balaban J connectivity index is 3.13. The van der Waals surface area contributed by atoms with Crippen molar-refractivity contribution in [2.75, 3.05) is 59.5 Å². The summed E-state index contributed by atoms with van der Waals surface area (Å²) in [5, 5.41) is 0. The topological polar surface area (TPSA) is 63.2 Å². The van der Waals surface area contributed by atoms with Gasteiger partial charge in [0.2, 0.25) is 0 Å². The number of hydrogen-bond acceptors (Lipinski definition) is 6. The van der Waals surface area contributed by atoms with Crippen LogP contribution in [-0.4, -0.2) is 65.4 Å². The van der Waals surface area contributed by atoms with Crippen LogP contribution in [0.2, 0.25) is 0 Å². The Labute approximate surface area is 261 Å². The number of carbonyl (C=O) groups is 1. The maximum Gasteiger partial charge on any atom is 0.305 e. The van der Waals surface area contributed by atoms with Crippen LogP contribution in [0.4, 0.5) is 0 Å². The lowest BCUT2D eigenvalue weighted by atomic mass is 10.1. The zero-order valence-electron chi connectivity index (χ0n) is 28.3. The van der Waals surface area contributed by atoms with Crippen LogP contribution in [0.1, 0.15) is 168 Å². The quantitative estimate of drug-likeness (QED) is 0.0522. The van der Waals surface area contributed by atoms with Gasteiger partial charge in [-0.1, -0.05) is 142 Å². The maximum atomic E-state index is 11.8. The lowest BCUT2D eigenvalue weighted by Crippen LogP contribution is -2.12. The van der Waals surface area contributed by atoms with Crippen molar-refractivity contribution >= 4 is 5.97 Å². The summed E-state index contributed by atoms with van der Waals surface area (Å²) in [6.45, 7) is 9.99. The molecule has 0 aromatic heterocycles. The summed E-state index contributed by atoms with van der Waals surface area (Å²) in [7, 11) is 0. The zero-order chi connectivity index (χ0) is 30.4. The van der Waals surface area contributed by atoms with E-state index in [2.05, 4.69) is 13.8 Å². The average molecular weight is 601 g/mol. The van der Waals surface area contributed by atoms with Crippen LogP contribution in [0.15, 0.2) is 0 Å². The van der Waals surface area contributed by atoms with Gasteiger partial charge in [-0.05, 0) is 19.3 Å². The van der Waals surface area contributed by atoms with Crippen LogP contribution in [0.5, 0.6) is 0 Å². The molecule has 0 atom stereocenters. The van der Waals surface area contributed by atoms with Crippen molar-refractivity contribution in [1.82, 2.24) is 0 Å². The maximum absolute atomic E-state index is 11.8. The van der Waals surface area contributed by atoms with Crippen LogP contribution in [0.3, 0.4) is 0 Å². The summed E-state index contributed by atoms with van der Waals surface area (Å²) in [6, 6.07) is 0. The number of hydrogen-bond donors (Lipinski definition) is 0. The lowest BCUT2D eigenvalue weighted by Gasteiger charge is -2.08. The van der Waals surface area contributed by atoms with E-state index in [0.717, 1.165) is 25.9 Å². The Hall–Kier alpha value is -0.690. The monoisotopic (exact) mass is 601 g/mol. The predicted octanol–water partition coefficient (Wildman–Crippen LogP) is 10.00. The van der Waals surface area contributed by atoms with Gasteiger partial charge >= 0.3 is 5.97 Å². The minimum atomic E-state index is -0.109. The Morgan fingerprint density at radius 1 is 0.333 bits per heavy atom. The lowest BCUT2D eigenvalue weighted by molar-refractivity contribution is -0.144. The van der Waals surface area contributed by atoms with Crippen LogP contribution in [-0.2, 0) is 28.5 Å². The largest absolute Gasteiger partial charge is 0.466 e. The third kappa shape index (κ3) is 37.3. The Morgan fingerprint density at radius 2 is 0.619 bits per heavy atom. The van der Waals surface area contributed by atoms with Crippen LogP contribution in [0.25, 0.3) is 0 Å². The van der Waals surface area contributed by atoms with E-state index < -0.39 is 0 Å². The fourth-order valence-electron chi connectivity index (χ4n) is 4.97. The van der Waals surface area contributed by atoms with Crippen molar-refractivity contribution in [3.8, 4) is 0 Å². The highest BCUT2D eigenvalue weighted by Crippen LogP contribution is 2.12. The van der Waals surface area contributed by atoms with E-state index in [1.165, 1.54) is 122 Å². The molecule has 0 rings (SSSR count). The molecule has 0 aromatic rings. The number of unbranched alkanes of at least 4 members (excludes halogenated alkanes) is 20. The molecule has 0 aliphatic heterocycles. The highest BCUT2D eigenvalue weighted by Gasteiger charge is 2.03. The molecular formula is C36H72O6. The molecule has 0 saturated heterocycles. The van der Waals surface area contributed by atoms with Gasteiger partial charge in [0.1, 0.15) is 0 Å². The van der Waals surface area contributed by atoms with Crippen molar-refractivity contribution in [3.63, 3.8) is 0 Å². The summed E-state index contributed by atoms with van der Waals surface area (Å²) in [5.74, 6) is -0.109. The molecule has 0 bridgehead atoms. The number of carbonyl (C=O) groups excluding carboxylic acids is 1. The second-order valence-electron chi connectivity index (χ2n) is 11.8. The van der Waals surface area contributed by atoms with Crippen LogP contribution in [0, 0.1) is 0 Å². The molecule has 0 N–H and O–H groups in total. The fourth-order valence-corrected chi connectivity index (χ4v) is 4.97. The summed E-state index contributed by atoms with van der Waals surface area (Å²) in [5.41, 5.74) is 0. The molecule has 0 radical (unpaired) electrons. The van der Waals surface area contributed by atoms with E-state index in [-0.39, 0.29) is 5.97 Å². The first-order valence-electron chi connectivity index (χ1n) is 18.3. The van der Waals surface area contributed by atoms with Crippen molar-refractivity contribution < 1.29 is 28.5 Å². The second kappa shape index (κ2) is 38.3. The average Bonchev–Trinajstić information content (AvgIpc) is 3.00. The van der Waals surface area contributed by atoms with Gasteiger partial charge in [0, 0.05) is 19.6 Å². The molecule has 0 amide bonds. The first-order chi connectivity index (χ1) is 20.8. The molecule has 42 heavy (non-hydrogen) atoms. The van der Waals surface area contributed by atoms with Crippen LogP contribution < -0.4 is 0 Å².